The number of rotatable bonds is 2. The lowest BCUT2D eigenvalue weighted by Crippen LogP contribution is -2.20. The van der Waals surface area contributed by atoms with E-state index < -0.39 is 0 Å². The van der Waals surface area contributed by atoms with Crippen LogP contribution in [-0.2, 0) is 0 Å². The summed E-state index contributed by atoms with van der Waals surface area (Å²) >= 11 is 1.84. The number of nitrogens with zero attached hydrogens (tertiary/aromatic N) is 1. The van der Waals surface area contributed by atoms with Gasteiger partial charge in [-0.25, -0.2) is 0 Å². The predicted octanol–water partition coefficient (Wildman–Crippen LogP) is 3.15. The van der Waals surface area contributed by atoms with E-state index in [1.165, 1.54) is 5.70 Å². The summed E-state index contributed by atoms with van der Waals surface area (Å²) in [6.45, 7) is 10.3. The maximum atomic E-state index is 2.41. The van der Waals surface area contributed by atoms with Crippen molar-refractivity contribution in [1.82, 2.24) is 4.31 Å². The maximum Gasteiger partial charge on any atom is 0.0378 e. The Labute approximate surface area is 80.3 Å². The molecule has 1 nitrogen and oxygen atoms in total. The van der Waals surface area contributed by atoms with E-state index in [-0.39, 0.29) is 0 Å². The lowest BCUT2D eigenvalue weighted by molar-refractivity contribution is 0.416. The van der Waals surface area contributed by atoms with E-state index in [0.29, 0.717) is 11.3 Å². The molecule has 0 radical (unpaired) electrons. The van der Waals surface area contributed by atoms with Gasteiger partial charge in [0.2, 0.25) is 0 Å². The Morgan fingerprint density at radius 2 is 2.08 bits per heavy atom. The summed E-state index contributed by atoms with van der Waals surface area (Å²) in [4.78, 5) is 0. The highest BCUT2D eigenvalue weighted by atomic mass is 32.2. The first-order valence-corrected chi connectivity index (χ1v) is 5.69. The number of hydrogen-bond donors (Lipinski definition) is 0. The van der Waals surface area contributed by atoms with Crippen LogP contribution >= 0.6 is 11.9 Å². The molecule has 0 saturated heterocycles. The molecular weight excluding hydrogens is 166 g/mol. The highest BCUT2D eigenvalue weighted by Gasteiger charge is 2.29. The van der Waals surface area contributed by atoms with Crippen molar-refractivity contribution in [2.24, 2.45) is 11.3 Å². The van der Waals surface area contributed by atoms with Gasteiger partial charge in [0.15, 0.2) is 0 Å². The molecule has 0 aromatic heterocycles. The number of hydrogen-bond acceptors (Lipinski definition) is 2. The molecule has 0 atom stereocenters. The van der Waals surface area contributed by atoms with E-state index in [4.69, 9.17) is 0 Å². The Hall–Kier alpha value is -0.110. The van der Waals surface area contributed by atoms with Crippen LogP contribution in [0.25, 0.3) is 0 Å². The van der Waals surface area contributed by atoms with Crippen LogP contribution in [0.4, 0.5) is 0 Å². The molecule has 0 aromatic rings. The Morgan fingerprint density at radius 1 is 1.50 bits per heavy atom. The molecule has 0 saturated carbocycles. The molecule has 0 aromatic carbocycles. The van der Waals surface area contributed by atoms with Crippen molar-refractivity contribution in [3.05, 3.63) is 11.8 Å². The Kier molecular flexibility index (Phi) is 2.77. The maximum absolute atomic E-state index is 2.41. The Balaban J connectivity index is 2.80. The molecule has 0 fully saturated rings. The van der Waals surface area contributed by atoms with Crippen LogP contribution in [0.5, 0.6) is 0 Å². The highest BCUT2D eigenvalue weighted by molar-refractivity contribution is 7.96. The second-order valence-corrected chi connectivity index (χ2v) is 5.24. The van der Waals surface area contributed by atoms with Crippen molar-refractivity contribution < 1.29 is 0 Å². The minimum absolute atomic E-state index is 0.364. The molecule has 12 heavy (non-hydrogen) atoms. The first-order valence-electron chi connectivity index (χ1n) is 4.50. The molecule has 0 spiro atoms. The lowest BCUT2D eigenvalue weighted by Gasteiger charge is -2.23. The first-order chi connectivity index (χ1) is 5.46. The fraction of sp³-hybridized carbons (Fsp3) is 0.800. The Morgan fingerprint density at radius 3 is 2.42 bits per heavy atom. The van der Waals surface area contributed by atoms with E-state index in [1.54, 1.807) is 0 Å². The second kappa shape index (κ2) is 3.33. The molecular formula is C10H19NS. The molecule has 0 bridgehead atoms. The van der Waals surface area contributed by atoms with E-state index in [9.17, 15) is 0 Å². The van der Waals surface area contributed by atoms with Gasteiger partial charge in [-0.05, 0) is 5.92 Å². The minimum Gasteiger partial charge on any atom is -0.319 e. The van der Waals surface area contributed by atoms with Crippen molar-refractivity contribution >= 4 is 11.9 Å². The quantitative estimate of drug-likeness (QED) is 0.608. The first kappa shape index (κ1) is 9.97. The smallest absolute Gasteiger partial charge is 0.0378 e. The van der Waals surface area contributed by atoms with Crippen LogP contribution in [-0.4, -0.2) is 17.1 Å². The van der Waals surface area contributed by atoms with Gasteiger partial charge in [0.1, 0.15) is 0 Å². The zero-order valence-electron chi connectivity index (χ0n) is 8.72. The topological polar surface area (TPSA) is 3.24 Å². The molecule has 0 aliphatic carbocycles. The monoisotopic (exact) mass is 185 g/mol. The molecule has 1 heterocycles. The standard InChI is InChI=1S/C10H19NS/c1-8(2)9-6-10(3,4)7-11(9)12-5/h6,8H,7H2,1-5H3. The van der Waals surface area contributed by atoms with Crippen LogP contribution in [0.1, 0.15) is 27.7 Å². The van der Waals surface area contributed by atoms with Crippen LogP contribution in [0.3, 0.4) is 0 Å². The molecule has 0 N–H and O–H groups in total. The second-order valence-electron chi connectivity index (χ2n) is 4.43. The summed E-state index contributed by atoms with van der Waals surface area (Å²) in [6, 6.07) is 0. The zero-order valence-corrected chi connectivity index (χ0v) is 9.53. The lowest BCUT2D eigenvalue weighted by atomic mass is 9.94. The van der Waals surface area contributed by atoms with E-state index >= 15 is 0 Å². The Bertz CT molecular complexity index is 194. The molecule has 2 heteroatoms. The highest BCUT2D eigenvalue weighted by Crippen LogP contribution is 2.37. The summed E-state index contributed by atoms with van der Waals surface area (Å²) in [6.07, 6.45) is 4.56. The third-order valence-corrected chi connectivity index (χ3v) is 2.97. The van der Waals surface area contributed by atoms with Crippen LogP contribution in [0, 0.1) is 11.3 Å². The summed E-state index contributed by atoms with van der Waals surface area (Å²) in [5, 5.41) is 0. The van der Waals surface area contributed by atoms with Crippen molar-refractivity contribution in [2.75, 3.05) is 12.8 Å². The third-order valence-electron chi connectivity index (χ3n) is 2.19. The summed E-state index contributed by atoms with van der Waals surface area (Å²) < 4.78 is 2.41. The molecule has 1 rings (SSSR count). The molecule has 0 unspecified atom stereocenters. The predicted molar refractivity (Wildman–Crippen MR) is 56.9 cm³/mol. The molecule has 0 amide bonds. The van der Waals surface area contributed by atoms with Crippen molar-refractivity contribution in [3.8, 4) is 0 Å². The van der Waals surface area contributed by atoms with Crippen LogP contribution in [0.2, 0.25) is 0 Å². The van der Waals surface area contributed by atoms with Gasteiger partial charge in [-0.2, -0.15) is 0 Å². The van der Waals surface area contributed by atoms with Gasteiger partial charge in [-0.15, -0.1) is 0 Å². The van der Waals surface area contributed by atoms with Crippen molar-refractivity contribution in [3.63, 3.8) is 0 Å². The van der Waals surface area contributed by atoms with Gasteiger partial charge in [-0.1, -0.05) is 45.7 Å². The van der Waals surface area contributed by atoms with E-state index in [1.807, 2.05) is 11.9 Å². The summed E-state index contributed by atoms with van der Waals surface area (Å²) in [5.74, 6) is 0.652. The van der Waals surface area contributed by atoms with Gasteiger partial charge >= 0.3 is 0 Å². The molecule has 1 aliphatic rings. The SMILES string of the molecule is CSN1CC(C)(C)C=C1C(C)C. The molecule has 70 valence electrons. The summed E-state index contributed by atoms with van der Waals surface area (Å²) in [7, 11) is 0. The van der Waals surface area contributed by atoms with Gasteiger partial charge in [0.25, 0.3) is 0 Å². The minimum atomic E-state index is 0.364. The van der Waals surface area contributed by atoms with E-state index in [2.05, 4.69) is 44.3 Å². The van der Waals surface area contributed by atoms with Gasteiger partial charge in [0, 0.05) is 23.9 Å². The van der Waals surface area contributed by atoms with Gasteiger partial charge in [-0.3, -0.25) is 0 Å². The van der Waals surface area contributed by atoms with Crippen LogP contribution in [0.15, 0.2) is 11.8 Å². The average molecular weight is 185 g/mol. The normalized spacial score (nSPS) is 21.8. The number of allylic oxidation sites excluding steroid dienone is 1. The third kappa shape index (κ3) is 1.98. The van der Waals surface area contributed by atoms with Gasteiger partial charge < -0.3 is 4.31 Å². The fourth-order valence-corrected chi connectivity index (χ4v) is 2.54. The van der Waals surface area contributed by atoms with E-state index in [0.717, 1.165) is 6.54 Å². The van der Waals surface area contributed by atoms with Crippen LogP contribution < -0.4 is 0 Å². The van der Waals surface area contributed by atoms with Crippen molar-refractivity contribution in [2.45, 2.75) is 27.7 Å². The largest absolute Gasteiger partial charge is 0.319 e. The molecule has 1 aliphatic heterocycles. The summed E-state index contributed by atoms with van der Waals surface area (Å²) in [5.41, 5.74) is 1.86. The fourth-order valence-electron chi connectivity index (χ4n) is 1.60. The van der Waals surface area contributed by atoms with Crippen molar-refractivity contribution in [1.29, 1.82) is 0 Å². The zero-order chi connectivity index (χ0) is 9.35. The average Bonchev–Trinajstić information content (AvgIpc) is 2.25. The van der Waals surface area contributed by atoms with Gasteiger partial charge in [0.05, 0.1) is 0 Å².